The van der Waals surface area contributed by atoms with E-state index in [0.717, 1.165) is 12.0 Å². The zero-order valence-corrected chi connectivity index (χ0v) is 17.3. The van der Waals surface area contributed by atoms with E-state index in [-0.39, 0.29) is 12.4 Å². The quantitative estimate of drug-likeness (QED) is 0.424. The summed E-state index contributed by atoms with van der Waals surface area (Å²) in [5.41, 5.74) is 3.40. The third-order valence-corrected chi connectivity index (χ3v) is 5.48. The third kappa shape index (κ3) is 4.16. The molecule has 0 N–H and O–H groups in total. The van der Waals surface area contributed by atoms with Gasteiger partial charge in [0.15, 0.2) is 5.76 Å². The molecule has 1 aliphatic heterocycles. The van der Waals surface area contributed by atoms with Gasteiger partial charge in [-0.3, -0.25) is 4.79 Å². The number of hydrogen-bond donors (Lipinski definition) is 0. The molecule has 1 heterocycles. The predicted octanol–water partition coefficient (Wildman–Crippen LogP) is 6.75. The lowest BCUT2D eigenvalue weighted by Crippen LogP contribution is -1.98. The average molecular weight is 425 g/mol. The highest BCUT2D eigenvalue weighted by atomic mass is 35.5. The van der Waals surface area contributed by atoms with Gasteiger partial charge in [0.05, 0.1) is 5.56 Å². The number of allylic oxidation sites excluding steroid dienone is 1. The van der Waals surface area contributed by atoms with Crippen LogP contribution in [0.25, 0.3) is 6.08 Å². The van der Waals surface area contributed by atoms with E-state index in [9.17, 15) is 4.79 Å². The van der Waals surface area contributed by atoms with E-state index in [4.69, 9.17) is 32.7 Å². The zero-order chi connectivity index (χ0) is 20.4. The van der Waals surface area contributed by atoms with Crippen molar-refractivity contribution >= 4 is 35.1 Å². The van der Waals surface area contributed by atoms with Crippen LogP contribution >= 0.6 is 23.2 Å². The van der Waals surface area contributed by atoms with Crippen molar-refractivity contribution in [2.75, 3.05) is 0 Å². The van der Waals surface area contributed by atoms with Crippen LogP contribution in [0.1, 0.15) is 34.0 Å². The fourth-order valence-corrected chi connectivity index (χ4v) is 3.59. The molecule has 0 aliphatic carbocycles. The topological polar surface area (TPSA) is 35.5 Å². The summed E-state index contributed by atoms with van der Waals surface area (Å²) < 4.78 is 11.6. The molecule has 0 radical (unpaired) electrons. The van der Waals surface area contributed by atoms with Crippen LogP contribution in [-0.2, 0) is 13.0 Å². The summed E-state index contributed by atoms with van der Waals surface area (Å²) >= 11 is 12.4. The van der Waals surface area contributed by atoms with E-state index in [1.165, 1.54) is 5.56 Å². The van der Waals surface area contributed by atoms with Gasteiger partial charge in [0.2, 0.25) is 5.78 Å². The second kappa shape index (κ2) is 8.32. The van der Waals surface area contributed by atoms with E-state index in [0.29, 0.717) is 38.4 Å². The Morgan fingerprint density at radius 1 is 1.00 bits per heavy atom. The van der Waals surface area contributed by atoms with Crippen LogP contribution in [0.5, 0.6) is 11.5 Å². The number of rotatable bonds is 5. The van der Waals surface area contributed by atoms with Crippen molar-refractivity contribution in [3.63, 3.8) is 0 Å². The van der Waals surface area contributed by atoms with Crippen LogP contribution in [0.3, 0.4) is 0 Å². The molecule has 0 atom stereocenters. The Hall–Kier alpha value is -2.75. The second-order valence-electron chi connectivity index (χ2n) is 6.68. The van der Waals surface area contributed by atoms with Crippen molar-refractivity contribution in [1.29, 1.82) is 0 Å². The average Bonchev–Trinajstić information content (AvgIpc) is 3.03. The van der Waals surface area contributed by atoms with Gasteiger partial charge in [-0.1, -0.05) is 60.5 Å². The smallest absolute Gasteiger partial charge is 0.231 e. The minimum atomic E-state index is -0.139. The molecule has 0 amide bonds. The zero-order valence-electron chi connectivity index (χ0n) is 15.7. The number of hydrogen-bond acceptors (Lipinski definition) is 3. The Morgan fingerprint density at radius 2 is 1.72 bits per heavy atom. The number of carbonyl (C=O) groups excluding carboxylic acids is 1. The van der Waals surface area contributed by atoms with Gasteiger partial charge in [-0.15, -0.1) is 0 Å². The van der Waals surface area contributed by atoms with Crippen molar-refractivity contribution in [3.8, 4) is 11.5 Å². The molecule has 0 saturated carbocycles. The monoisotopic (exact) mass is 424 g/mol. The number of ether oxygens (including phenoxy) is 2. The summed E-state index contributed by atoms with van der Waals surface area (Å²) in [5, 5.41) is 1.09. The van der Waals surface area contributed by atoms with E-state index in [2.05, 4.69) is 6.92 Å². The van der Waals surface area contributed by atoms with Crippen LogP contribution in [0, 0.1) is 0 Å². The SMILES string of the molecule is CCc1ccc(C=C2Oc3cc(OCc4c(Cl)cccc4Cl)ccc3C2=O)cc1. The van der Waals surface area contributed by atoms with E-state index >= 15 is 0 Å². The molecule has 0 bridgehead atoms. The number of aryl methyl sites for hydroxylation is 1. The van der Waals surface area contributed by atoms with Gasteiger partial charge in [-0.05, 0) is 47.9 Å². The van der Waals surface area contributed by atoms with E-state index in [1.54, 1.807) is 42.5 Å². The summed E-state index contributed by atoms with van der Waals surface area (Å²) in [5.74, 6) is 1.21. The Bertz CT molecular complexity index is 1080. The van der Waals surface area contributed by atoms with Gasteiger partial charge in [0.25, 0.3) is 0 Å². The summed E-state index contributed by atoms with van der Waals surface area (Å²) in [7, 11) is 0. The maximum atomic E-state index is 12.6. The van der Waals surface area contributed by atoms with Gasteiger partial charge < -0.3 is 9.47 Å². The molecule has 5 heteroatoms. The van der Waals surface area contributed by atoms with Crippen molar-refractivity contribution in [2.24, 2.45) is 0 Å². The Balaban J connectivity index is 1.51. The molecule has 29 heavy (non-hydrogen) atoms. The lowest BCUT2D eigenvalue weighted by molar-refractivity contribution is 0.101. The van der Waals surface area contributed by atoms with Gasteiger partial charge in [0.1, 0.15) is 18.1 Å². The Kier molecular flexibility index (Phi) is 5.61. The number of halogens is 2. The lowest BCUT2D eigenvalue weighted by Gasteiger charge is -2.10. The number of fused-ring (bicyclic) bond motifs is 1. The maximum Gasteiger partial charge on any atom is 0.231 e. The third-order valence-electron chi connectivity index (χ3n) is 4.77. The molecular weight excluding hydrogens is 407 g/mol. The molecule has 0 spiro atoms. The summed E-state index contributed by atoms with van der Waals surface area (Å²) in [6.45, 7) is 2.32. The van der Waals surface area contributed by atoms with E-state index < -0.39 is 0 Å². The highest BCUT2D eigenvalue weighted by Gasteiger charge is 2.27. The first kappa shape index (κ1) is 19.6. The van der Waals surface area contributed by atoms with Gasteiger partial charge in [-0.2, -0.15) is 0 Å². The highest BCUT2D eigenvalue weighted by Crippen LogP contribution is 2.35. The molecular formula is C24H18Cl2O3. The van der Waals surface area contributed by atoms with Crippen molar-refractivity contribution < 1.29 is 14.3 Å². The molecule has 3 nitrogen and oxygen atoms in total. The first-order chi connectivity index (χ1) is 14.0. The largest absolute Gasteiger partial charge is 0.489 e. The summed E-state index contributed by atoms with van der Waals surface area (Å²) in [6.07, 6.45) is 2.73. The Labute approximate surface area is 179 Å². The summed E-state index contributed by atoms with van der Waals surface area (Å²) in [4.78, 5) is 12.6. The normalized spacial score (nSPS) is 14.0. The minimum absolute atomic E-state index is 0.139. The Morgan fingerprint density at radius 3 is 2.41 bits per heavy atom. The number of ketones is 1. The molecule has 0 unspecified atom stereocenters. The number of benzene rings is 3. The van der Waals surface area contributed by atoms with Crippen molar-refractivity contribution in [2.45, 2.75) is 20.0 Å². The highest BCUT2D eigenvalue weighted by molar-refractivity contribution is 6.35. The fraction of sp³-hybridized carbons (Fsp3) is 0.125. The van der Waals surface area contributed by atoms with Gasteiger partial charge in [0, 0.05) is 21.7 Å². The van der Waals surface area contributed by atoms with Crippen LogP contribution in [-0.4, -0.2) is 5.78 Å². The first-order valence-electron chi connectivity index (χ1n) is 9.28. The van der Waals surface area contributed by atoms with Crippen LogP contribution in [0.15, 0.2) is 66.4 Å². The number of carbonyl (C=O) groups is 1. The van der Waals surface area contributed by atoms with Crippen LogP contribution in [0.2, 0.25) is 10.0 Å². The van der Waals surface area contributed by atoms with Crippen LogP contribution < -0.4 is 9.47 Å². The van der Waals surface area contributed by atoms with Crippen LogP contribution in [0.4, 0.5) is 0 Å². The molecule has 3 aromatic rings. The van der Waals surface area contributed by atoms with Crippen molar-refractivity contribution in [1.82, 2.24) is 0 Å². The standard InChI is InChI=1S/C24H18Cl2O3/c1-2-15-6-8-16(9-7-15)12-23-24(27)18-11-10-17(13-22(18)29-23)28-14-19-20(25)4-3-5-21(19)26/h3-13H,2,14H2,1H3. The van der Waals surface area contributed by atoms with Gasteiger partial charge >= 0.3 is 0 Å². The molecule has 146 valence electrons. The van der Waals surface area contributed by atoms with Crippen molar-refractivity contribution in [3.05, 3.63) is 98.7 Å². The van der Waals surface area contributed by atoms with E-state index in [1.807, 2.05) is 24.3 Å². The first-order valence-corrected chi connectivity index (χ1v) is 10.0. The molecule has 3 aromatic carbocycles. The minimum Gasteiger partial charge on any atom is -0.489 e. The molecule has 1 aliphatic rings. The molecule has 0 saturated heterocycles. The number of Topliss-reactive ketones (excluding diaryl/α,β-unsaturated/α-hetero) is 1. The summed E-state index contributed by atoms with van der Waals surface area (Å²) in [6, 6.07) is 18.5. The second-order valence-corrected chi connectivity index (χ2v) is 7.50. The van der Waals surface area contributed by atoms with Gasteiger partial charge in [-0.25, -0.2) is 0 Å². The fourth-order valence-electron chi connectivity index (χ4n) is 3.08. The molecule has 0 fully saturated rings. The molecule has 4 rings (SSSR count). The molecule has 0 aromatic heterocycles. The lowest BCUT2D eigenvalue weighted by atomic mass is 10.1. The predicted molar refractivity (Wildman–Crippen MR) is 116 cm³/mol. The maximum absolute atomic E-state index is 12.6.